The Hall–Kier alpha value is -1.67. The SMILES string of the molecule is Cc1cccc2c(N)c(C(=O)NC(CO)(CO)CO)sc12. The van der Waals surface area contributed by atoms with Gasteiger partial charge in [0.05, 0.1) is 25.5 Å². The molecule has 0 atom stereocenters. The number of anilines is 1. The van der Waals surface area contributed by atoms with Gasteiger partial charge in [0.25, 0.3) is 5.91 Å². The smallest absolute Gasteiger partial charge is 0.264 e. The molecular formula is C14H18N2O4S. The molecule has 6 N–H and O–H groups in total. The zero-order valence-corrected chi connectivity index (χ0v) is 12.4. The summed E-state index contributed by atoms with van der Waals surface area (Å²) in [7, 11) is 0. The van der Waals surface area contributed by atoms with E-state index in [4.69, 9.17) is 5.73 Å². The molecule has 114 valence electrons. The van der Waals surface area contributed by atoms with Crippen molar-refractivity contribution in [1.29, 1.82) is 0 Å². The number of aliphatic hydroxyl groups is 3. The van der Waals surface area contributed by atoms with Gasteiger partial charge in [0.1, 0.15) is 10.4 Å². The molecule has 0 aliphatic rings. The molecule has 1 heterocycles. The Labute approximate surface area is 125 Å². The summed E-state index contributed by atoms with van der Waals surface area (Å²) in [4.78, 5) is 12.6. The minimum atomic E-state index is -1.46. The largest absolute Gasteiger partial charge is 0.397 e. The Morgan fingerprint density at radius 2 is 1.90 bits per heavy atom. The van der Waals surface area contributed by atoms with E-state index in [0.717, 1.165) is 15.6 Å². The summed E-state index contributed by atoms with van der Waals surface area (Å²) in [6.07, 6.45) is 0. The van der Waals surface area contributed by atoms with Crippen LogP contribution >= 0.6 is 11.3 Å². The second-order valence-corrected chi connectivity index (χ2v) is 6.03. The number of rotatable bonds is 5. The molecule has 0 radical (unpaired) electrons. The van der Waals surface area contributed by atoms with E-state index in [9.17, 15) is 20.1 Å². The fourth-order valence-electron chi connectivity index (χ4n) is 2.01. The second kappa shape index (κ2) is 5.98. The number of thiophene rings is 1. The van der Waals surface area contributed by atoms with Gasteiger partial charge in [0, 0.05) is 10.1 Å². The zero-order valence-electron chi connectivity index (χ0n) is 11.6. The summed E-state index contributed by atoms with van der Waals surface area (Å²) in [6.45, 7) is 0.208. The van der Waals surface area contributed by atoms with Crippen LogP contribution in [0.5, 0.6) is 0 Å². The van der Waals surface area contributed by atoms with Crippen molar-refractivity contribution in [3.8, 4) is 0 Å². The first-order valence-electron chi connectivity index (χ1n) is 6.40. The minimum Gasteiger partial charge on any atom is -0.397 e. The number of carbonyl (C=O) groups is 1. The van der Waals surface area contributed by atoms with Crippen LogP contribution in [-0.4, -0.2) is 46.6 Å². The van der Waals surface area contributed by atoms with E-state index in [1.54, 1.807) is 0 Å². The molecule has 1 aromatic heterocycles. The normalized spacial score (nSPS) is 11.8. The van der Waals surface area contributed by atoms with Gasteiger partial charge in [0.2, 0.25) is 0 Å². The van der Waals surface area contributed by atoms with Gasteiger partial charge < -0.3 is 26.4 Å². The van der Waals surface area contributed by atoms with E-state index in [1.165, 1.54) is 11.3 Å². The fraction of sp³-hybridized carbons (Fsp3) is 0.357. The third-order valence-corrected chi connectivity index (χ3v) is 4.80. The molecule has 0 saturated carbocycles. The van der Waals surface area contributed by atoms with Crippen molar-refractivity contribution in [1.82, 2.24) is 5.32 Å². The van der Waals surface area contributed by atoms with Crippen molar-refractivity contribution in [2.75, 3.05) is 25.6 Å². The highest BCUT2D eigenvalue weighted by molar-refractivity contribution is 7.21. The Morgan fingerprint density at radius 1 is 1.29 bits per heavy atom. The van der Waals surface area contributed by atoms with Crippen molar-refractivity contribution in [2.45, 2.75) is 12.5 Å². The van der Waals surface area contributed by atoms with Gasteiger partial charge in [0.15, 0.2) is 0 Å². The molecule has 0 unspecified atom stereocenters. The Kier molecular flexibility index (Phi) is 4.48. The van der Waals surface area contributed by atoms with E-state index in [1.807, 2.05) is 25.1 Å². The Morgan fingerprint density at radius 3 is 2.43 bits per heavy atom. The van der Waals surface area contributed by atoms with Gasteiger partial charge >= 0.3 is 0 Å². The first-order valence-corrected chi connectivity index (χ1v) is 7.22. The maximum absolute atomic E-state index is 12.3. The summed E-state index contributed by atoms with van der Waals surface area (Å²) in [6, 6.07) is 5.63. The van der Waals surface area contributed by atoms with Gasteiger partial charge in [-0.15, -0.1) is 11.3 Å². The third-order valence-electron chi connectivity index (χ3n) is 3.44. The number of hydrogen-bond acceptors (Lipinski definition) is 6. The molecule has 0 spiro atoms. The summed E-state index contributed by atoms with van der Waals surface area (Å²) in [5.74, 6) is -0.523. The lowest BCUT2D eigenvalue weighted by molar-refractivity contribution is 0.0377. The van der Waals surface area contributed by atoms with E-state index >= 15 is 0 Å². The molecule has 0 aliphatic carbocycles. The molecule has 1 aromatic carbocycles. The van der Waals surface area contributed by atoms with Crippen LogP contribution in [-0.2, 0) is 0 Å². The molecule has 0 aliphatic heterocycles. The van der Waals surface area contributed by atoms with Gasteiger partial charge in [-0.05, 0) is 12.5 Å². The van der Waals surface area contributed by atoms with E-state index < -0.39 is 31.3 Å². The van der Waals surface area contributed by atoms with Crippen LogP contribution in [0.4, 0.5) is 5.69 Å². The highest BCUT2D eigenvalue weighted by Gasteiger charge is 2.31. The number of benzene rings is 1. The number of hydrogen-bond donors (Lipinski definition) is 5. The fourth-order valence-corrected chi connectivity index (χ4v) is 3.10. The Balaban J connectivity index is 2.40. The van der Waals surface area contributed by atoms with Crippen molar-refractivity contribution in [2.24, 2.45) is 0 Å². The molecule has 0 fully saturated rings. The molecule has 7 heteroatoms. The standard InChI is InChI=1S/C14H18N2O4S/c1-8-3-2-4-9-10(15)12(21-11(8)9)13(20)16-14(5-17,6-18)7-19/h2-4,17-19H,5-7,15H2,1H3,(H,16,20). The van der Waals surface area contributed by atoms with Crippen LogP contribution in [0.1, 0.15) is 15.2 Å². The summed E-state index contributed by atoms with van der Waals surface area (Å²) >= 11 is 1.25. The monoisotopic (exact) mass is 310 g/mol. The quantitative estimate of drug-likeness (QED) is 0.542. The predicted molar refractivity (Wildman–Crippen MR) is 82.4 cm³/mol. The average Bonchev–Trinajstić information content (AvgIpc) is 2.84. The molecule has 2 rings (SSSR count). The first kappa shape index (κ1) is 15.7. The lowest BCUT2D eigenvalue weighted by atomic mass is 10.0. The number of aryl methyl sites for hydroxylation is 1. The van der Waals surface area contributed by atoms with Crippen LogP contribution < -0.4 is 11.1 Å². The highest BCUT2D eigenvalue weighted by Crippen LogP contribution is 2.35. The first-order chi connectivity index (χ1) is 9.98. The summed E-state index contributed by atoms with van der Waals surface area (Å²) in [5.41, 5.74) is 5.93. The number of nitrogens with one attached hydrogen (secondary N) is 1. The van der Waals surface area contributed by atoms with E-state index in [0.29, 0.717) is 10.6 Å². The summed E-state index contributed by atoms with van der Waals surface area (Å²) < 4.78 is 0.919. The highest BCUT2D eigenvalue weighted by atomic mass is 32.1. The van der Waals surface area contributed by atoms with Crippen LogP contribution in [0, 0.1) is 6.92 Å². The number of aliphatic hydroxyl groups excluding tert-OH is 3. The van der Waals surface area contributed by atoms with Gasteiger partial charge in [-0.3, -0.25) is 4.79 Å². The maximum atomic E-state index is 12.3. The molecule has 0 saturated heterocycles. The number of amides is 1. The molecule has 6 nitrogen and oxygen atoms in total. The third kappa shape index (κ3) is 2.73. The maximum Gasteiger partial charge on any atom is 0.264 e. The molecule has 21 heavy (non-hydrogen) atoms. The molecule has 1 amide bonds. The number of carbonyl (C=O) groups excluding carboxylic acids is 1. The van der Waals surface area contributed by atoms with Crippen LogP contribution in [0.2, 0.25) is 0 Å². The molecule has 2 aromatic rings. The average molecular weight is 310 g/mol. The van der Waals surface area contributed by atoms with Gasteiger partial charge in [-0.2, -0.15) is 0 Å². The lowest BCUT2D eigenvalue weighted by Crippen LogP contribution is -2.56. The predicted octanol–water partition coefficient (Wildman–Crippen LogP) is 0.237. The van der Waals surface area contributed by atoms with Crippen LogP contribution in [0.25, 0.3) is 10.1 Å². The number of fused-ring (bicyclic) bond motifs is 1. The van der Waals surface area contributed by atoms with Crippen molar-refractivity contribution >= 4 is 33.0 Å². The molecule has 0 bridgehead atoms. The van der Waals surface area contributed by atoms with Crippen LogP contribution in [0.3, 0.4) is 0 Å². The van der Waals surface area contributed by atoms with E-state index in [-0.39, 0.29) is 0 Å². The topological polar surface area (TPSA) is 116 Å². The number of nitrogens with two attached hydrogens (primary N) is 1. The lowest BCUT2D eigenvalue weighted by Gasteiger charge is -2.28. The van der Waals surface area contributed by atoms with E-state index in [2.05, 4.69) is 5.32 Å². The zero-order chi connectivity index (χ0) is 15.6. The minimum absolute atomic E-state index is 0.305. The Bertz CT molecular complexity index is 656. The van der Waals surface area contributed by atoms with Crippen molar-refractivity contribution < 1.29 is 20.1 Å². The molecular weight excluding hydrogens is 292 g/mol. The summed E-state index contributed by atoms with van der Waals surface area (Å²) in [5, 5.41) is 31.0. The second-order valence-electron chi connectivity index (χ2n) is 5.01. The van der Waals surface area contributed by atoms with Crippen LogP contribution in [0.15, 0.2) is 18.2 Å². The van der Waals surface area contributed by atoms with Crippen molar-refractivity contribution in [3.63, 3.8) is 0 Å². The number of nitrogen functional groups attached to an aromatic ring is 1. The van der Waals surface area contributed by atoms with Gasteiger partial charge in [-0.25, -0.2) is 0 Å². The van der Waals surface area contributed by atoms with Gasteiger partial charge in [-0.1, -0.05) is 18.2 Å². The van der Waals surface area contributed by atoms with Crippen molar-refractivity contribution in [3.05, 3.63) is 28.6 Å².